The molecule has 16 heavy (non-hydrogen) atoms. The molecule has 0 amide bonds. The van der Waals surface area contributed by atoms with Crippen molar-refractivity contribution in [1.82, 2.24) is 15.2 Å². The first-order valence-electron chi connectivity index (χ1n) is 6.13. The van der Waals surface area contributed by atoms with E-state index in [0.717, 1.165) is 23.7 Å². The molecule has 0 aliphatic heterocycles. The maximum atomic E-state index is 4.40. The van der Waals surface area contributed by atoms with Crippen LogP contribution in [-0.4, -0.2) is 21.2 Å². The van der Waals surface area contributed by atoms with Crippen LogP contribution in [0.1, 0.15) is 44.0 Å². The number of aromatic nitrogens is 3. The Labute approximate surface area is 96.9 Å². The highest BCUT2D eigenvalue weighted by Gasteiger charge is 2.25. The highest BCUT2D eigenvalue weighted by atomic mass is 15.2. The first-order valence-corrected chi connectivity index (χ1v) is 6.13. The van der Waals surface area contributed by atoms with Crippen molar-refractivity contribution in [3.05, 3.63) is 11.4 Å². The fraction of sp³-hybridized carbons (Fsp3) is 0.750. The van der Waals surface area contributed by atoms with E-state index in [0.29, 0.717) is 12.0 Å². The number of nitrogens with zero attached hydrogens (tertiary/aromatic N) is 3. The summed E-state index contributed by atoms with van der Waals surface area (Å²) in [5.41, 5.74) is 1.86. The van der Waals surface area contributed by atoms with Crippen molar-refractivity contribution >= 4 is 5.95 Å². The molecule has 1 N–H and O–H groups in total. The van der Waals surface area contributed by atoms with Crippen molar-refractivity contribution in [2.24, 2.45) is 5.92 Å². The standard InChI is InChI=1S/C12H20N4/c1-4-11(7-10-5-6-10)14-12-13-8(2)9(3)15-16-12/h10-11H,4-7H2,1-3H3,(H,13,14,16). The van der Waals surface area contributed by atoms with E-state index in [1.165, 1.54) is 19.3 Å². The fourth-order valence-corrected chi connectivity index (χ4v) is 1.78. The highest BCUT2D eigenvalue weighted by Crippen LogP contribution is 2.34. The number of nitrogens with one attached hydrogen (secondary N) is 1. The summed E-state index contributed by atoms with van der Waals surface area (Å²) in [5, 5.41) is 11.6. The van der Waals surface area contributed by atoms with Gasteiger partial charge < -0.3 is 5.32 Å². The van der Waals surface area contributed by atoms with Gasteiger partial charge in [-0.2, -0.15) is 5.10 Å². The molecule has 0 radical (unpaired) electrons. The van der Waals surface area contributed by atoms with Gasteiger partial charge in [-0.05, 0) is 32.6 Å². The molecule has 4 nitrogen and oxygen atoms in total. The van der Waals surface area contributed by atoms with E-state index in [2.05, 4.69) is 27.4 Å². The van der Waals surface area contributed by atoms with Crippen LogP contribution in [0.25, 0.3) is 0 Å². The Hall–Kier alpha value is -1.19. The molecule has 0 saturated heterocycles. The average molecular weight is 220 g/mol. The number of aryl methyl sites for hydroxylation is 2. The second kappa shape index (κ2) is 4.76. The fourth-order valence-electron chi connectivity index (χ4n) is 1.78. The van der Waals surface area contributed by atoms with Gasteiger partial charge in [0.1, 0.15) is 0 Å². The lowest BCUT2D eigenvalue weighted by Crippen LogP contribution is -2.21. The Morgan fingerprint density at radius 3 is 2.56 bits per heavy atom. The summed E-state index contributed by atoms with van der Waals surface area (Å²) in [6.45, 7) is 6.10. The highest BCUT2D eigenvalue weighted by molar-refractivity contribution is 5.26. The zero-order valence-corrected chi connectivity index (χ0v) is 10.3. The molecule has 4 heteroatoms. The second-order valence-electron chi connectivity index (χ2n) is 4.73. The molecule has 1 aromatic heterocycles. The molecule has 2 rings (SSSR count). The third-order valence-electron chi connectivity index (χ3n) is 3.23. The summed E-state index contributed by atoms with van der Waals surface area (Å²) in [6, 6.07) is 0.497. The lowest BCUT2D eigenvalue weighted by Gasteiger charge is -2.16. The van der Waals surface area contributed by atoms with Crippen molar-refractivity contribution in [3.8, 4) is 0 Å². The molecule has 1 unspecified atom stereocenters. The molecule has 1 aliphatic rings. The zero-order chi connectivity index (χ0) is 11.5. The molecule has 1 saturated carbocycles. The van der Waals surface area contributed by atoms with E-state index < -0.39 is 0 Å². The van der Waals surface area contributed by atoms with Crippen molar-refractivity contribution in [2.45, 2.75) is 52.5 Å². The van der Waals surface area contributed by atoms with Crippen LogP contribution in [0.5, 0.6) is 0 Å². The van der Waals surface area contributed by atoms with Crippen LogP contribution in [0.2, 0.25) is 0 Å². The van der Waals surface area contributed by atoms with Crippen LogP contribution in [0.4, 0.5) is 5.95 Å². The van der Waals surface area contributed by atoms with Gasteiger partial charge in [0.25, 0.3) is 0 Å². The average Bonchev–Trinajstić information content (AvgIpc) is 3.06. The van der Waals surface area contributed by atoms with Gasteiger partial charge in [-0.1, -0.05) is 19.8 Å². The lowest BCUT2D eigenvalue weighted by molar-refractivity contribution is 0.581. The first kappa shape index (κ1) is 11.3. The Kier molecular flexibility index (Phi) is 3.36. The Morgan fingerprint density at radius 2 is 2.00 bits per heavy atom. The Morgan fingerprint density at radius 1 is 1.25 bits per heavy atom. The Bertz CT molecular complexity index is 360. The zero-order valence-electron chi connectivity index (χ0n) is 10.3. The van der Waals surface area contributed by atoms with Crippen LogP contribution in [0, 0.1) is 19.8 Å². The minimum absolute atomic E-state index is 0.497. The third-order valence-corrected chi connectivity index (χ3v) is 3.23. The number of anilines is 1. The maximum Gasteiger partial charge on any atom is 0.243 e. The number of hydrogen-bond acceptors (Lipinski definition) is 4. The first-order chi connectivity index (χ1) is 7.69. The molecule has 1 fully saturated rings. The molecular formula is C12H20N4. The van der Waals surface area contributed by atoms with Crippen molar-refractivity contribution < 1.29 is 0 Å². The number of hydrogen-bond donors (Lipinski definition) is 1. The molecule has 0 bridgehead atoms. The van der Waals surface area contributed by atoms with Gasteiger partial charge in [0.2, 0.25) is 5.95 Å². The molecule has 1 heterocycles. The van der Waals surface area contributed by atoms with E-state index in [-0.39, 0.29) is 0 Å². The van der Waals surface area contributed by atoms with Crippen LogP contribution >= 0.6 is 0 Å². The monoisotopic (exact) mass is 220 g/mol. The van der Waals surface area contributed by atoms with Gasteiger partial charge in [0.15, 0.2) is 0 Å². The minimum atomic E-state index is 0.497. The van der Waals surface area contributed by atoms with Crippen molar-refractivity contribution in [3.63, 3.8) is 0 Å². The quantitative estimate of drug-likeness (QED) is 0.828. The second-order valence-corrected chi connectivity index (χ2v) is 4.73. The van der Waals surface area contributed by atoms with E-state index in [1.54, 1.807) is 0 Å². The largest absolute Gasteiger partial charge is 0.350 e. The van der Waals surface area contributed by atoms with Crippen molar-refractivity contribution in [1.29, 1.82) is 0 Å². The smallest absolute Gasteiger partial charge is 0.243 e. The van der Waals surface area contributed by atoms with Gasteiger partial charge in [-0.15, -0.1) is 5.10 Å². The van der Waals surface area contributed by atoms with Crippen LogP contribution in [0.3, 0.4) is 0 Å². The predicted octanol–water partition coefficient (Wildman–Crippen LogP) is 2.48. The molecule has 1 aromatic rings. The van der Waals surface area contributed by atoms with E-state index >= 15 is 0 Å². The normalized spacial score (nSPS) is 17.2. The van der Waals surface area contributed by atoms with E-state index in [4.69, 9.17) is 0 Å². The van der Waals surface area contributed by atoms with Gasteiger partial charge in [-0.3, -0.25) is 0 Å². The summed E-state index contributed by atoms with van der Waals surface area (Å²) in [5.74, 6) is 1.60. The molecule has 1 atom stereocenters. The van der Waals surface area contributed by atoms with Gasteiger partial charge >= 0.3 is 0 Å². The summed E-state index contributed by atoms with van der Waals surface area (Å²) >= 11 is 0. The van der Waals surface area contributed by atoms with Gasteiger partial charge in [0.05, 0.1) is 11.4 Å². The maximum absolute atomic E-state index is 4.40. The topological polar surface area (TPSA) is 50.7 Å². The minimum Gasteiger partial charge on any atom is -0.350 e. The number of rotatable bonds is 5. The summed E-state index contributed by atoms with van der Waals surface area (Å²) in [6.07, 6.45) is 5.15. The molecule has 88 valence electrons. The molecular weight excluding hydrogens is 200 g/mol. The van der Waals surface area contributed by atoms with Gasteiger partial charge in [-0.25, -0.2) is 4.98 Å². The Balaban J connectivity index is 1.97. The summed E-state index contributed by atoms with van der Waals surface area (Å²) in [4.78, 5) is 4.40. The molecule has 1 aliphatic carbocycles. The molecule has 0 spiro atoms. The molecule has 0 aromatic carbocycles. The SMILES string of the molecule is CCC(CC1CC1)Nc1nnc(C)c(C)n1. The van der Waals surface area contributed by atoms with E-state index in [1.807, 2.05) is 13.8 Å². The predicted molar refractivity (Wildman–Crippen MR) is 64.3 cm³/mol. The lowest BCUT2D eigenvalue weighted by atomic mass is 10.1. The summed E-state index contributed by atoms with van der Waals surface area (Å²) in [7, 11) is 0. The van der Waals surface area contributed by atoms with Crippen LogP contribution < -0.4 is 5.32 Å². The van der Waals surface area contributed by atoms with E-state index in [9.17, 15) is 0 Å². The van der Waals surface area contributed by atoms with Crippen LogP contribution in [-0.2, 0) is 0 Å². The van der Waals surface area contributed by atoms with Crippen LogP contribution in [0.15, 0.2) is 0 Å². The van der Waals surface area contributed by atoms with Gasteiger partial charge in [0, 0.05) is 6.04 Å². The van der Waals surface area contributed by atoms with Crippen molar-refractivity contribution in [2.75, 3.05) is 5.32 Å². The summed E-state index contributed by atoms with van der Waals surface area (Å²) < 4.78 is 0. The third kappa shape index (κ3) is 2.90.